The van der Waals surface area contributed by atoms with Gasteiger partial charge in [0, 0.05) is 0 Å². The molecule has 0 aliphatic carbocycles. The zero-order valence-electron chi connectivity index (χ0n) is 2.49. The monoisotopic (exact) mass is 73.0 g/mol. The molecule has 0 heterocycles. The summed E-state index contributed by atoms with van der Waals surface area (Å²) in [4.78, 5) is 0. The Labute approximate surface area is 29.1 Å². The first-order valence-corrected chi connectivity index (χ1v) is 1.88. The Morgan fingerprint density at radius 1 is 2.00 bits per heavy atom. The van der Waals surface area contributed by atoms with Crippen LogP contribution < -0.4 is 0 Å². The molecule has 0 atom stereocenters. The highest BCUT2D eigenvalue weighted by atomic mass is 31.0. The minimum atomic E-state index is 0.889. The zero-order chi connectivity index (χ0) is 3.41. The van der Waals surface area contributed by atoms with Crippen molar-refractivity contribution in [1.82, 2.24) is 0 Å². The number of hydrogen-bond donors (Lipinski definition) is 0. The molecule has 0 aliphatic rings. The molecule has 0 aromatic heterocycles. The van der Waals surface area contributed by atoms with Crippen molar-refractivity contribution in [2.75, 3.05) is 6.16 Å². The molecule has 1 radical (unpaired) electrons. The highest BCUT2D eigenvalue weighted by molar-refractivity contribution is 7.16. The molecule has 0 saturated heterocycles. The SMILES string of the molecule is C=CC[PH]. The molecule has 0 N–H and O–H groups in total. The predicted octanol–water partition coefficient (Wildman–Crippen LogP) is 1.32. The van der Waals surface area contributed by atoms with Crippen molar-refractivity contribution in [2.45, 2.75) is 0 Å². The lowest BCUT2D eigenvalue weighted by Gasteiger charge is -1.57. The van der Waals surface area contributed by atoms with Gasteiger partial charge in [-0.05, 0) is 6.16 Å². The Kier molecular flexibility index (Phi) is 3.30. The van der Waals surface area contributed by atoms with Crippen LogP contribution in [0.3, 0.4) is 0 Å². The first kappa shape index (κ1) is 4.17. The molecule has 0 spiro atoms. The van der Waals surface area contributed by atoms with E-state index >= 15 is 0 Å². The van der Waals surface area contributed by atoms with Crippen LogP contribution in [0.1, 0.15) is 0 Å². The van der Waals surface area contributed by atoms with Crippen molar-refractivity contribution in [2.24, 2.45) is 0 Å². The van der Waals surface area contributed by atoms with E-state index in [0.29, 0.717) is 0 Å². The second kappa shape index (κ2) is 3.17. The molecule has 0 saturated carbocycles. The van der Waals surface area contributed by atoms with Gasteiger partial charge in [-0.3, -0.25) is 0 Å². The quantitative estimate of drug-likeness (QED) is 0.324. The molecule has 0 aliphatic heterocycles. The maximum absolute atomic E-state index is 3.43. The second-order valence-electron chi connectivity index (χ2n) is 0.493. The Bertz CT molecular complexity index is 17.2. The van der Waals surface area contributed by atoms with Gasteiger partial charge in [-0.1, -0.05) is 15.3 Å². The summed E-state index contributed by atoms with van der Waals surface area (Å²) in [5.74, 6) is 0. The van der Waals surface area contributed by atoms with Gasteiger partial charge in [0.15, 0.2) is 0 Å². The van der Waals surface area contributed by atoms with E-state index in [1.165, 1.54) is 0 Å². The van der Waals surface area contributed by atoms with E-state index in [1.54, 1.807) is 6.08 Å². The first-order chi connectivity index (χ1) is 1.91. The molecular formula is C3H6P. The lowest BCUT2D eigenvalue weighted by Crippen LogP contribution is -1.43. The van der Waals surface area contributed by atoms with Crippen LogP contribution in [-0.4, -0.2) is 6.16 Å². The standard InChI is InChI=1S/C3H6P/c1-2-3-4/h2,4H,1,3H2. The van der Waals surface area contributed by atoms with E-state index < -0.39 is 0 Å². The van der Waals surface area contributed by atoms with Gasteiger partial charge in [0.1, 0.15) is 0 Å². The minimum Gasteiger partial charge on any atom is -0.103 e. The molecule has 0 rings (SSSR count). The Balaban J connectivity index is 2.30. The third kappa shape index (κ3) is 2.17. The smallest absolute Gasteiger partial charge is 0.0138 e. The fraction of sp³-hybridized carbons (Fsp3) is 0.333. The molecule has 0 bridgehead atoms. The van der Waals surface area contributed by atoms with Crippen molar-refractivity contribution in [3.8, 4) is 0 Å². The van der Waals surface area contributed by atoms with Gasteiger partial charge in [-0.25, -0.2) is 0 Å². The van der Waals surface area contributed by atoms with Gasteiger partial charge in [0.05, 0.1) is 0 Å². The summed E-state index contributed by atoms with van der Waals surface area (Å²) in [6.45, 7) is 3.43. The maximum Gasteiger partial charge on any atom is -0.0138 e. The highest BCUT2D eigenvalue weighted by Crippen LogP contribution is 1.74. The molecule has 0 aromatic carbocycles. The van der Waals surface area contributed by atoms with E-state index in [2.05, 4.69) is 15.8 Å². The fourth-order valence-corrected chi connectivity index (χ4v) is 0. The Hall–Kier alpha value is 0.170. The van der Waals surface area contributed by atoms with E-state index in [-0.39, 0.29) is 0 Å². The normalized spacial score (nSPS) is 6.25. The van der Waals surface area contributed by atoms with E-state index in [1.807, 2.05) is 0 Å². The van der Waals surface area contributed by atoms with E-state index in [0.717, 1.165) is 6.16 Å². The summed E-state index contributed by atoms with van der Waals surface area (Å²) in [6, 6.07) is 0. The predicted molar refractivity (Wildman–Crippen MR) is 23.4 cm³/mol. The van der Waals surface area contributed by atoms with E-state index in [4.69, 9.17) is 0 Å². The van der Waals surface area contributed by atoms with Crippen LogP contribution in [0.15, 0.2) is 12.7 Å². The number of allylic oxidation sites excluding steroid dienone is 1. The van der Waals surface area contributed by atoms with Crippen LogP contribution in [0.4, 0.5) is 0 Å². The van der Waals surface area contributed by atoms with Crippen LogP contribution >= 0.6 is 9.24 Å². The molecule has 0 nitrogen and oxygen atoms in total. The maximum atomic E-state index is 3.43. The molecule has 4 heavy (non-hydrogen) atoms. The van der Waals surface area contributed by atoms with Crippen LogP contribution in [0.5, 0.6) is 0 Å². The third-order valence-corrected chi connectivity index (χ3v) is 0.433. The highest BCUT2D eigenvalue weighted by Gasteiger charge is 1.45. The zero-order valence-corrected chi connectivity index (χ0v) is 3.49. The van der Waals surface area contributed by atoms with E-state index in [9.17, 15) is 0 Å². The summed E-state index contributed by atoms with van der Waals surface area (Å²) in [5.41, 5.74) is 0. The van der Waals surface area contributed by atoms with Crippen molar-refractivity contribution in [3.63, 3.8) is 0 Å². The Morgan fingerprint density at radius 3 is 2.25 bits per heavy atom. The van der Waals surface area contributed by atoms with Gasteiger partial charge in [-0.15, -0.1) is 6.58 Å². The van der Waals surface area contributed by atoms with Gasteiger partial charge < -0.3 is 0 Å². The van der Waals surface area contributed by atoms with Gasteiger partial charge >= 0.3 is 0 Å². The van der Waals surface area contributed by atoms with Gasteiger partial charge in [0.25, 0.3) is 0 Å². The van der Waals surface area contributed by atoms with Crippen molar-refractivity contribution in [3.05, 3.63) is 12.7 Å². The lowest BCUT2D eigenvalue weighted by atomic mass is 10.8. The van der Waals surface area contributed by atoms with Crippen molar-refractivity contribution in [1.29, 1.82) is 0 Å². The second-order valence-corrected chi connectivity index (χ2v) is 0.901. The molecular weight excluding hydrogens is 67.0 g/mol. The molecule has 1 heteroatoms. The summed E-state index contributed by atoms with van der Waals surface area (Å²) in [6.07, 6.45) is 2.68. The molecule has 23 valence electrons. The number of hydrogen-bond acceptors (Lipinski definition) is 0. The van der Waals surface area contributed by atoms with Crippen molar-refractivity contribution < 1.29 is 0 Å². The van der Waals surface area contributed by atoms with Crippen molar-refractivity contribution >= 4 is 9.24 Å². The summed E-state index contributed by atoms with van der Waals surface area (Å²) >= 11 is 0. The van der Waals surface area contributed by atoms with Crippen LogP contribution in [0.25, 0.3) is 0 Å². The average Bonchev–Trinajstić information content (AvgIpc) is 1.37. The van der Waals surface area contributed by atoms with Crippen LogP contribution in [-0.2, 0) is 0 Å². The minimum absolute atomic E-state index is 0.889. The molecule has 0 fully saturated rings. The molecule has 0 aromatic rings. The fourth-order valence-electron chi connectivity index (χ4n) is 0. The van der Waals surface area contributed by atoms with Crippen LogP contribution in [0.2, 0.25) is 0 Å². The molecule has 0 unspecified atom stereocenters. The van der Waals surface area contributed by atoms with Gasteiger partial charge in [-0.2, -0.15) is 0 Å². The number of rotatable bonds is 1. The van der Waals surface area contributed by atoms with Crippen LogP contribution in [0, 0.1) is 0 Å². The Morgan fingerprint density at radius 2 is 2.25 bits per heavy atom. The third-order valence-electron chi connectivity index (χ3n) is 0.144. The summed E-state index contributed by atoms with van der Waals surface area (Å²) in [7, 11) is 3.17. The summed E-state index contributed by atoms with van der Waals surface area (Å²) < 4.78 is 0. The topological polar surface area (TPSA) is 0 Å². The van der Waals surface area contributed by atoms with Gasteiger partial charge in [0.2, 0.25) is 0 Å². The first-order valence-electron chi connectivity index (χ1n) is 1.17. The lowest BCUT2D eigenvalue weighted by molar-refractivity contribution is 1.83. The summed E-state index contributed by atoms with van der Waals surface area (Å²) in [5, 5.41) is 0. The molecule has 0 amide bonds. The average molecular weight is 73.1 g/mol. The largest absolute Gasteiger partial charge is 0.103 e.